The van der Waals surface area contributed by atoms with Crippen LogP contribution in [0.4, 0.5) is 11.5 Å². The molecule has 2 aromatic heterocycles. The lowest BCUT2D eigenvalue weighted by molar-refractivity contribution is -0.384. The number of non-ortho nitro benzene ring substituents is 1. The Morgan fingerprint density at radius 1 is 1.32 bits per heavy atom. The van der Waals surface area contributed by atoms with E-state index < -0.39 is 10.8 Å². The van der Waals surface area contributed by atoms with Crippen LogP contribution in [0.5, 0.6) is 0 Å². The second kappa shape index (κ2) is 9.74. The minimum absolute atomic E-state index is 0.0248. The zero-order valence-corrected chi connectivity index (χ0v) is 18.7. The van der Waals surface area contributed by atoms with Gasteiger partial charge in [0.25, 0.3) is 11.6 Å². The van der Waals surface area contributed by atoms with Crippen LogP contribution in [0.15, 0.2) is 34.0 Å². The fourth-order valence-electron chi connectivity index (χ4n) is 3.79. The molecule has 1 saturated heterocycles. The van der Waals surface area contributed by atoms with Crippen molar-refractivity contribution in [2.24, 2.45) is 5.10 Å². The molecule has 0 radical (unpaired) electrons. The predicted octanol–water partition coefficient (Wildman–Crippen LogP) is 1.67. The normalized spacial score (nSPS) is 17.0. The molecule has 1 unspecified atom stereocenters. The molecule has 3 aromatic rings. The number of nitrogens with two attached hydrogens (primary N) is 1. The van der Waals surface area contributed by atoms with Crippen molar-refractivity contribution in [2.75, 3.05) is 12.3 Å². The highest BCUT2D eigenvalue weighted by Gasteiger charge is 2.28. The van der Waals surface area contributed by atoms with Crippen molar-refractivity contribution < 1.29 is 14.3 Å². The van der Waals surface area contributed by atoms with E-state index in [0.717, 1.165) is 25.8 Å². The van der Waals surface area contributed by atoms with Crippen LogP contribution in [0.25, 0.3) is 5.82 Å². The van der Waals surface area contributed by atoms with E-state index in [-0.39, 0.29) is 23.0 Å². The molecule has 0 saturated carbocycles. The van der Waals surface area contributed by atoms with E-state index in [0.29, 0.717) is 29.6 Å². The van der Waals surface area contributed by atoms with Gasteiger partial charge in [-0.05, 0) is 61.2 Å². The van der Waals surface area contributed by atoms with Gasteiger partial charge in [-0.1, -0.05) is 11.6 Å². The minimum atomic E-state index is -0.567. The summed E-state index contributed by atoms with van der Waals surface area (Å²) < 4.78 is 6.05. The number of carbonyl (C=O) groups excluding carboxylic acids is 1. The van der Waals surface area contributed by atoms with Gasteiger partial charge in [0.2, 0.25) is 11.6 Å². The number of nitro benzene ring substituents is 1. The molecule has 1 fully saturated rings. The van der Waals surface area contributed by atoms with Crippen LogP contribution in [0.1, 0.15) is 54.9 Å². The molecule has 14 nitrogen and oxygen atoms in total. The number of nitrogens with zero attached hydrogens (tertiary/aromatic N) is 8. The summed E-state index contributed by atoms with van der Waals surface area (Å²) in [5, 5.41) is 30.4. The van der Waals surface area contributed by atoms with Gasteiger partial charge in [0.05, 0.1) is 16.3 Å². The molecule has 3 N–H and O–H groups in total. The quantitative estimate of drug-likeness (QED) is 0.294. The molecular weight excluding hydrogens is 444 g/mol. The number of hydrogen-bond donors (Lipinski definition) is 2. The smallest absolute Gasteiger partial charge is 0.293 e. The molecule has 3 heterocycles. The van der Waals surface area contributed by atoms with E-state index in [1.54, 1.807) is 19.1 Å². The molecule has 1 aromatic carbocycles. The Kier molecular flexibility index (Phi) is 6.58. The number of benzene rings is 1. The summed E-state index contributed by atoms with van der Waals surface area (Å²) in [6.45, 7) is 5.08. The third kappa shape index (κ3) is 4.76. The van der Waals surface area contributed by atoms with E-state index in [4.69, 9.17) is 10.4 Å². The Morgan fingerprint density at radius 3 is 2.74 bits per heavy atom. The maximum atomic E-state index is 13.0. The van der Waals surface area contributed by atoms with Crippen LogP contribution >= 0.6 is 0 Å². The standard InChI is InChI=1S/C20H24N10O4/c1-12-5-3-4-10-28(12)11-16-17(23-27-29(16)19-18(21)25-34-26-19)20(31)24-22-13(2)14-6-8-15(9-7-14)30(32)33/h6-9,12H,3-5,10-11H2,1-2H3,(H2,21,25)(H,24,31). The van der Waals surface area contributed by atoms with Crippen LogP contribution in [-0.2, 0) is 6.54 Å². The molecule has 1 aliphatic rings. The minimum Gasteiger partial charge on any atom is -0.378 e. The number of nitrogen functional groups attached to an aromatic ring is 1. The Hall–Kier alpha value is -4.20. The van der Waals surface area contributed by atoms with Gasteiger partial charge >= 0.3 is 0 Å². The van der Waals surface area contributed by atoms with Crippen LogP contribution in [0.3, 0.4) is 0 Å². The third-order valence-electron chi connectivity index (χ3n) is 5.79. The second-order valence-corrected chi connectivity index (χ2v) is 8.03. The van der Waals surface area contributed by atoms with E-state index in [1.165, 1.54) is 16.8 Å². The van der Waals surface area contributed by atoms with E-state index in [1.807, 2.05) is 0 Å². The highest BCUT2D eigenvalue weighted by molar-refractivity contribution is 6.00. The largest absolute Gasteiger partial charge is 0.378 e. The average molecular weight is 468 g/mol. The third-order valence-corrected chi connectivity index (χ3v) is 5.79. The summed E-state index contributed by atoms with van der Waals surface area (Å²) in [4.78, 5) is 25.6. The number of likely N-dealkylation sites (tertiary alicyclic amines) is 1. The van der Waals surface area contributed by atoms with Crippen LogP contribution in [-0.4, -0.2) is 59.3 Å². The van der Waals surface area contributed by atoms with Gasteiger partial charge in [-0.25, -0.2) is 10.1 Å². The van der Waals surface area contributed by atoms with Crippen LogP contribution in [0, 0.1) is 10.1 Å². The van der Waals surface area contributed by atoms with Gasteiger partial charge in [-0.2, -0.15) is 9.78 Å². The lowest BCUT2D eigenvalue weighted by atomic mass is 10.0. The van der Waals surface area contributed by atoms with Gasteiger partial charge in [0.1, 0.15) is 0 Å². The lowest BCUT2D eigenvalue weighted by Gasteiger charge is -2.33. The number of rotatable bonds is 7. The van der Waals surface area contributed by atoms with Gasteiger partial charge in [0.15, 0.2) is 5.69 Å². The van der Waals surface area contributed by atoms with Crippen molar-refractivity contribution in [2.45, 2.75) is 45.7 Å². The maximum absolute atomic E-state index is 13.0. The number of hydrazone groups is 1. The zero-order chi connectivity index (χ0) is 24.2. The first-order valence-electron chi connectivity index (χ1n) is 10.7. The summed E-state index contributed by atoms with van der Waals surface area (Å²) in [7, 11) is 0. The van der Waals surface area contributed by atoms with E-state index in [9.17, 15) is 14.9 Å². The first-order valence-corrected chi connectivity index (χ1v) is 10.7. The summed E-state index contributed by atoms with van der Waals surface area (Å²) in [5.41, 5.74) is 9.94. The molecule has 1 aliphatic heterocycles. The Labute approximate surface area is 193 Å². The summed E-state index contributed by atoms with van der Waals surface area (Å²) >= 11 is 0. The van der Waals surface area contributed by atoms with E-state index >= 15 is 0 Å². The topological polar surface area (TPSA) is 183 Å². The Morgan fingerprint density at radius 2 is 2.09 bits per heavy atom. The van der Waals surface area contributed by atoms with Gasteiger partial charge < -0.3 is 5.73 Å². The van der Waals surface area contributed by atoms with Crippen LogP contribution in [0.2, 0.25) is 0 Å². The van der Waals surface area contributed by atoms with Crippen molar-refractivity contribution in [3.05, 3.63) is 51.3 Å². The summed E-state index contributed by atoms with van der Waals surface area (Å²) in [6.07, 6.45) is 3.26. The zero-order valence-electron chi connectivity index (χ0n) is 18.7. The number of hydrogen-bond acceptors (Lipinski definition) is 11. The highest BCUT2D eigenvalue weighted by atomic mass is 16.6. The van der Waals surface area contributed by atoms with Crippen molar-refractivity contribution in [3.8, 4) is 5.82 Å². The molecule has 0 aliphatic carbocycles. The molecule has 34 heavy (non-hydrogen) atoms. The Balaban J connectivity index is 1.59. The van der Waals surface area contributed by atoms with Crippen LogP contribution < -0.4 is 11.2 Å². The highest BCUT2D eigenvalue weighted by Crippen LogP contribution is 2.23. The SMILES string of the molecule is CC(=NNC(=O)c1nnn(-c2nonc2N)c1CN1CCCCC1C)c1ccc([N+](=O)[O-])cc1. The fraction of sp³-hybridized carbons (Fsp3) is 0.400. The molecular formula is C20H24N10O4. The van der Waals surface area contributed by atoms with Gasteiger partial charge in [0, 0.05) is 24.7 Å². The number of aromatic nitrogens is 5. The van der Waals surface area contributed by atoms with E-state index in [2.05, 4.69) is 43.0 Å². The van der Waals surface area contributed by atoms with Crippen molar-refractivity contribution in [1.29, 1.82) is 0 Å². The van der Waals surface area contributed by atoms with Gasteiger partial charge in [-0.3, -0.25) is 19.8 Å². The van der Waals surface area contributed by atoms with Crippen molar-refractivity contribution in [1.82, 2.24) is 35.6 Å². The molecule has 4 rings (SSSR count). The molecule has 1 amide bonds. The maximum Gasteiger partial charge on any atom is 0.293 e. The van der Waals surface area contributed by atoms with Crippen molar-refractivity contribution in [3.63, 3.8) is 0 Å². The lowest BCUT2D eigenvalue weighted by Crippen LogP contribution is -2.38. The molecule has 0 spiro atoms. The number of anilines is 1. The summed E-state index contributed by atoms with van der Waals surface area (Å²) in [6, 6.07) is 6.18. The monoisotopic (exact) mass is 468 g/mol. The predicted molar refractivity (Wildman–Crippen MR) is 120 cm³/mol. The number of nitro groups is 1. The molecule has 178 valence electrons. The first kappa shape index (κ1) is 23.0. The number of amides is 1. The number of piperidine rings is 1. The van der Waals surface area contributed by atoms with Gasteiger partial charge in [-0.15, -0.1) is 5.10 Å². The number of carbonyl (C=O) groups is 1. The average Bonchev–Trinajstić information content (AvgIpc) is 3.44. The fourth-order valence-corrected chi connectivity index (χ4v) is 3.79. The molecule has 1 atom stereocenters. The Bertz CT molecular complexity index is 1220. The molecule has 14 heteroatoms. The first-order chi connectivity index (χ1) is 16.3. The second-order valence-electron chi connectivity index (χ2n) is 8.03. The summed E-state index contributed by atoms with van der Waals surface area (Å²) in [5.74, 6) is -0.393. The van der Waals surface area contributed by atoms with Crippen molar-refractivity contribution >= 4 is 23.1 Å². The number of nitrogens with one attached hydrogen (secondary N) is 1. The molecule has 0 bridgehead atoms.